The van der Waals surface area contributed by atoms with Crippen LogP contribution < -0.4 is 10.2 Å². The van der Waals surface area contributed by atoms with Gasteiger partial charge in [-0.2, -0.15) is 9.61 Å². The van der Waals surface area contributed by atoms with Crippen LogP contribution in [0.3, 0.4) is 0 Å². The third-order valence-corrected chi connectivity index (χ3v) is 6.91. The van der Waals surface area contributed by atoms with Gasteiger partial charge in [-0.1, -0.05) is 47.7 Å². The zero-order valence-corrected chi connectivity index (χ0v) is 20.3. The molecule has 0 aliphatic carbocycles. The van der Waals surface area contributed by atoms with Crippen molar-refractivity contribution >= 4 is 34.9 Å². The molecule has 8 nitrogen and oxygen atoms in total. The molecular formula is C26H26N6O2S. The van der Waals surface area contributed by atoms with Crippen molar-refractivity contribution in [1.82, 2.24) is 25.1 Å². The molecule has 3 heterocycles. The van der Waals surface area contributed by atoms with Gasteiger partial charge in [-0.15, -0.1) is 10.2 Å². The van der Waals surface area contributed by atoms with E-state index in [1.165, 1.54) is 17.3 Å². The third-order valence-electron chi connectivity index (χ3n) is 6.01. The van der Waals surface area contributed by atoms with Crippen molar-refractivity contribution in [1.29, 1.82) is 0 Å². The Balaban J connectivity index is 1.20. The van der Waals surface area contributed by atoms with Crippen molar-refractivity contribution in [3.63, 3.8) is 0 Å². The number of hydrogen-bond donors (Lipinski definition) is 1. The predicted octanol–water partition coefficient (Wildman–Crippen LogP) is 3.48. The normalized spacial score (nSPS) is 13.0. The number of para-hydroxylation sites is 1. The lowest BCUT2D eigenvalue weighted by Gasteiger charge is -2.29. The molecule has 5 rings (SSSR count). The molecule has 4 aromatic rings. The van der Waals surface area contributed by atoms with Crippen LogP contribution in [0.2, 0.25) is 0 Å². The highest BCUT2D eigenvalue weighted by Gasteiger charge is 2.22. The van der Waals surface area contributed by atoms with Crippen LogP contribution in [0.1, 0.15) is 33.7 Å². The summed E-state index contributed by atoms with van der Waals surface area (Å²) in [5.41, 5.74) is 4.60. The summed E-state index contributed by atoms with van der Waals surface area (Å²) in [6.07, 6.45) is 2.47. The highest BCUT2D eigenvalue weighted by atomic mass is 32.2. The van der Waals surface area contributed by atoms with Crippen molar-refractivity contribution in [3.05, 3.63) is 83.2 Å². The summed E-state index contributed by atoms with van der Waals surface area (Å²) in [6, 6.07) is 19.3. The first-order valence-electron chi connectivity index (χ1n) is 11.7. The van der Waals surface area contributed by atoms with Crippen molar-refractivity contribution < 1.29 is 9.59 Å². The Bertz CT molecular complexity index is 1370. The smallest absolute Gasteiger partial charge is 0.251 e. The van der Waals surface area contributed by atoms with Gasteiger partial charge < -0.3 is 10.2 Å². The number of nitrogens with zero attached hydrogens (tertiary/aromatic N) is 5. The molecule has 9 heteroatoms. The maximum atomic E-state index is 13.0. The number of aryl methyl sites for hydroxylation is 2. The molecule has 35 heavy (non-hydrogen) atoms. The van der Waals surface area contributed by atoms with Gasteiger partial charge in [-0.3, -0.25) is 9.59 Å². The molecule has 0 saturated heterocycles. The number of anilines is 1. The second-order valence-corrected chi connectivity index (χ2v) is 9.49. The monoisotopic (exact) mass is 486 g/mol. The van der Waals surface area contributed by atoms with Crippen LogP contribution in [-0.2, 0) is 17.6 Å². The van der Waals surface area contributed by atoms with Gasteiger partial charge in [0, 0.05) is 30.8 Å². The second kappa shape index (κ2) is 10.3. The highest BCUT2D eigenvalue weighted by molar-refractivity contribution is 7.99. The standard InChI is InChI=1S/C26H26N6O2S/c1-18-8-10-20(11-9-18)26(34)27-15-14-23-29-28-22-12-13-24(30-32(22)23)35-17-25(33)31-16-4-6-19-5-2-3-7-21(19)31/h2-3,5,7-13H,4,6,14-17H2,1H3,(H,27,34). The van der Waals surface area contributed by atoms with E-state index in [0.717, 1.165) is 35.7 Å². The maximum absolute atomic E-state index is 13.0. The molecule has 1 N–H and O–H groups in total. The molecule has 2 amide bonds. The van der Waals surface area contributed by atoms with Crippen molar-refractivity contribution in [2.75, 3.05) is 23.7 Å². The molecule has 0 saturated carbocycles. The topological polar surface area (TPSA) is 92.5 Å². The first kappa shape index (κ1) is 23.0. The van der Waals surface area contributed by atoms with Gasteiger partial charge in [-0.05, 0) is 55.7 Å². The lowest BCUT2D eigenvalue weighted by Crippen LogP contribution is -2.36. The summed E-state index contributed by atoms with van der Waals surface area (Å²) in [7, 11) is 0. The van der Waals surface area contributed by atoms with Crippen LogP contribution >= 0.6 is 11.8 Å². The first-order chi connectivity index (χ1) is 17.1. The van der Waals surface area contributed by atoms with Crippen LogP contribution in [0.25, 0.3) is 5.65 Å². The van der Waals surface area contributed by atoms with E-state index in [9.17, 15) is 9.59 Å². The van der Waals surface area contributed by atoms with E-state index in [-0.39, 0.29) is 11.8 Å². The molecule has 178 valence electrons. The van der Waals surface area contributed by atoms with Gasteiger partial charge in [0.25, 0.3) is 5.91 Å². The number of amides is 2. The van der Waals surface area contributed by atoms with Gasteiger partial charge >= 0.3 is 0 Å². The number of thioether (sulfide) groups is 1. The number of carbonyl (C=O) groups excluding carboxylic acids is 2. The number of carbonyl (C=O) groups is 2. The SMILES string of the molecule is Cc1ccc(C(=O)NCCc2nnc3ccc(SCC(=O)N4CCCc5ccccc54)nn23)cc1. The molecule has 1 aliphatic heterocycles. The quantitative estimate of drug-likeness (QED) is 0.402. The molecule has 0 atom stereocenters. The van der Waals surface area contributed by atoms with E-state index in [0.29, 0.717) is 35.8 Å². The molecule has 0 bridgehead atoms. The summed E-state index contributed by atoms with van der Waals surface area (Å²) in [6.45, 7) is 3.15. The molecular weight excluding hydrogens is 460 g/mol. The fourth-order valence-corrected chi connectivity index (χ4v) is 4.88. The van der Waals surface area contributed by atoms with Gasteiger partial charge in [0.1, 0.15) is 5.03 Å². The van der Waals surface area contributed by atoms with Crippen molar-refractivity contribution in [2.24, 2.45) is 0 Å². The fourth-order valence-electron chi connectivity index (χ4n) is 4.15. The van der Waals surface area contributed by atoms with Crippen molar-refractivity contribution in [3.8, 4) is 0 Å². The first-order valence-corrected chi connectivity index (χ1v) is 12.6. The Morgan fingerprint density at radius 1 is 1.03 bits per heavy atom. The minimum absolute atomic E-state index is 0.0758. The lowest BCUT2D eigenvalue weighted by molar-refractivity contribution is -0.116. The molecule has 2 aromatic heterocycles. The van der Waals surface area contributed by atoms with E-state index in [1.807, 2.05) is 66.4 Å². The Hall–Kier alpha value is -3.72. The average Bonchev–Trinajstić information content (AvgIpc) is 3.29. The minimum Gasteiger partial charge on any atom is -0.352 e. The number of hydrogen-bond acceptors (Lipinski definition) is 6. The van der Waals surface area contributed by atoms with Gasteiger partial charge in [0.2, 0.25) is 5.91 Å². The minimum atomic E-state index is -0.124. The number of fused-ring (bicyclic) bond motifs is 2. The molecule has 0 spiro atoms. The fraction of sp³-hybridized carbons (Fsp3) is 0.269. The highest BCUT2D eigenvalue weighted by Crippen LogP contribution is 2.28. The Morgan fingerprint density at radius 2 is 1.86 bits per heavy atom. The Labute approximate surface area is 207 Å². The molecule has 2 aromatic carbocycles. The zero-order chi connectivity index (χ0) is 24.2. The lowest BCUT2D eigenvalue weighted by atomic mass is 10.0. The molecule has 0 radical (unpaired) electrons. The van der Waals surface area contributed by atoms with Gasteiger partial charge in [0.05, 0.1) is 5.75 Å². The summed E-state index contributed by atoms with van der Waals surface area (Å²) >= 11 is 1.40. The number of nitrogens with one attached hydrogen (secondary N) is 1. The van der Waals surface area contributed by atoms with Crippen LogP contribution in [0.15, 0.2) is 65.7 Å². The van der Waals surface area contributed by atoms with E-state index in [4.69, 9.17) is 0 Å². The van der Waals surface area contributed by atoms with Crippen LogP contribution in [0.4, 0.5) is 5.69 Å². The van der Waals surface area contributed by atoms with E-state index >= 15 is 0 Å². The zero-order valence-electron chi connectivity index (χ0n) is 19.5. The molecule has 1 aliphatic rings. The number of rotatable bonds is 7. The summed E-state index contributed by atoms with van der Waals surface area (Å²) in [4.78, 5) is 27.2. The van der Waals surface area contributed by atoms with Crippen LogP contribution in [0, 0.1) is 6.92 Å². The summed E-state index contributed by atoms with van der Waals surface area (Å²) in [5, 5.41) is 16.7. The van der Waals surface area contributed by atoms with Gasteiger partial charge in [0.15, 0.2) is 11.5 Å². The van der Waals surface area contributed by atoms with Crippen molar-refractivity contribution in [2.45, 2.75) is 31.2 Å². The maximum Gasteiger partial charge on any atom is 0.251 e. The third kappa shape index (κ3) is 5.19. The predicted molar refractivity (Wildman–Crippen MR) is 136 cm³/mol. The Morgan fingerprint density at radius 3 is 2.71 bits per heavy atom. The van der Waals surface area contributed by atoms with E-state index < -0.39 is 0 Å². The molecule has 0 unspecified atom stereocenters. The van der Waals surface area contributed by atoms with E-state index in [1.54, 1.807) is 4.52 Å². The molecule has 0 fully saturated rings. The summed E-state index contributed by atoms with van der Waals surface area (Å²) in [5.74, 6) is 0.910. The van der Waals surface area contributed by atoms with Crippen LogP contribution in [-0.4, -0.2) is 50.5 Å². The largest absolute Gasteiger partial charge is 0.352 e. The summed E-state index contributed by atoms with van der Waals surface area (Å²) < 4.78 is 1.68. The Kier molecular flexibility index (Phi) is 6.76. The number of benzene rings is 2. The average molecular weight is 487 g/mol. The van der Waals surface area contributed by atoms with Crippen LogP contribution in [0.5, 0.6) is 0 Å². The number of aromatic nitrogens is 4. The van der Waals surface area contributed by atoms with E-state index in [2.05, 4.69) is 26.7 Å². The second-order valence-electron chi connectivity index (χ2n) is 8.50. The van der Waals surface area contributed by atoms with Gasteiger partial charge in [-0.25, -0.2) is 0 Å².